The second-order valence-corrected chi connectivity index (χ2v) is 5.20. The molecule has 0 N–H and O–H groups in total. The standard InChI is InChI=1S/C14H15F2N3/c15-11-3-4-12(13(16)7-11)14(5-1-2-6-14)8-19-10-17-9-18-19/h3-4,7,9-10H,1-2,5-6,8H2. The van der Waals surface area contributed by atoms with Crippen molar-refractivity contribution >= 4 is 0 Å². The number of aromatic nitrogens is 3. The van der Waals surface area contributed by atoms with Gasteiger partial charge in [0.2, 0.25) is 0 Å². The van der Waals surface area contributed by atoms with Gasteiger partial charge in [-0.15, -0.1) is 0 Å². The minimum atomic E-state index is -0.532. The molecule has 19 heavy (non-hydrogen) atoms. The van der Waals surface area contributed by atoms with Crippen LogP contribution in [0.3, 0.4) is 0 Å². The lowest BCUT2D eigenvalue weighted by Gasteiger charge is -2.29. The summed E-state index contributed by atoms with van der Waals surface area (Å²) in [5.41, 5.74) is 0.313. The molecule has 3 nitrogen and oxygen atoms in total. The summed E-state index contributed by atoms with van der Waals surface area (Å²) in [7, 11) is 0. The zero-order chi connectivity index (χ0) is 13.3. The Kier molecular flexibility index (Phi) is 3.05. The SMILES string of the molecule is Fc1ccc(C2(Cn3cncn3)CCCC2)c(F)c1. The van der Waals surface area contributed by atoms with Crippen LogP contribution in [0.25, 0.3) is 0 Å². The van der Waals surface area contributed by atoms with E-state index in [1.54, 1.807) is 17.1 Å². The molecule has 1 aliphatic carbocycles. The molecule has 1 fully saturated rings. The predicted octanol–water partition coefficient (Wildman–Crippen LogP) is 3.07. The summed E-state index contributed by atoms with van der Waals surface area (Å²) in [6, 6.07) is 3.88. The van der Waals surface area contributed by atoms with Crippen LogP contribution < -0.4 is 0 Å². The first-order valence-corrected chi connectivity index (χ1v) is 6.48. The molecule has 0 bridgehead atoms. The largest absolute Gasteiger partial charge is 0.252 e. The van der Waals surface area contributed by atoms with Crippen molar-refractivity contribution in [1.82, 2.24) is 14.8 Å². The van der Waals surface area contributed by atoms with E-state index >= 15 is 0 Å². The van der Waals surface area contributed by atoms with Crippen LogP contribution in [0.1, 0.15) is 31.2 Å². The number of hydrogen-bond acceptors (Lipinski definition) is 2. The van der Waals surface area contributed by atoms with Crippen molar-refractivity contribution < 1.29 is 8.78 Å². The maximum atomic E-state index is 14.1. The summed E-state index contributed by atoms with van der Waals surface area (Å²) in [4.78, 5) is 3.92. The lowest BCUT2D eigenvalue weighted by atomic mass is 9.78. The highest BCUT2D eigenvalue weighted by Crippen LogP contribution is 2.43. The normalized spacial score (nSPS) is 17.8. The van der Waals surface area contributed by atoms with Gasteiger partial charge in [0, 0.05) is 11.5 Å². The van der Waals surface area contributed by atoms with Crippen LogP contribution >= 0.6 is 0 Å². The molecule has 1 aliphatic rings. The molecule has 0 aliphatic heterocycles. The lowest BCUT2D eigenvalue weighted by Crippen LogP contribution is -2.30. The Balaban J connectivity index is 2.00. The molecule has 0 saturated heterocycles. The van der Waals surface area contributed by atoms with Gasteiger partial charge in [0.1, 0.15) is 24.3 Å². The molecule has 3 rings (SSSR count). The van der Waals surface area contributed by atoms with Crippen molar-refractivity contribution in [3.8, 4) is 0 Å². The second-order valence-electron chi connectivity index (χ2n) is 5.20. The summed E-state index contributed by atoms with van der Waals surface area (Å²) < 4.78 is 28.9. The van der Waals surface area contributed by atoms with Gasteiger partial charge in [-0.1, -0.05) is 18.9 Å². The molecule has 1 aromatic carbocycles. The highest BCUT2D eigenvalue weighted by molar-refractivity contribution is 5.28. The number of hydrogen-bond donors (Lipinski definition) is 0. The van der Waals surface area contributed by atoms with E-state index in [1.807, 2.05) is 0 Å². The summed E-state index contributed by atoms with van der Waals surface area (Å²) in [5, 5.41) is 4.11. The predicted molar refractivity (Wildman–Crippen MR) is 66.5 cm³/mol. The average Bonchev–Trinajstić information content (AvgIpc) is 3.02. The Morgan fingerprint density at radius 1 is 1.21 bits per heavy atom. The van der Waals surface area contributed by atoms with E-state index in [4.69, 9.17) is 0 Å². The Bertz CT molecular complexity index is 560. The third-order valence-corrected chi connectivity index (χ3v) is 3.99. The van der Waals surface area contributed by atoms with E-state index in [9.17, 15) is 8.78 Å². The molecule has 0 amide bonds. The zero-order valence-electron chi connectivity index (χ0n) is 10.5. The molecule has 100 valence electrons. The quantitative estimate of drug-likeness (QED) is 0.852. The van der Waals surface area contributed by atoms with Crippen LogP contribution in [0.2, 0.25) is 0 Å². The first-order chi connectivity index (χ1) is 9.20. The van der Waals surface area contributed by atoms with Gasteiger partial charge in [-0.05, 0) is 24.5 Å². The van der Waals surface area contributed by atoms with E-state index in [1.165, 1.54) is 12.4 Å². The van der Waals surface area contributed by atoms with E-state index in [2.05, 4.69) is 10.1 Å². The third kappa shape index (κ3) is 2.25. The summed E-state index contributed by atoms with van der Waals surface area (Å²) >= 11 is 0. The van der Waals surface area contributed by atoms with Crippen LogP contribution in [-0.2, 0) is 12.0 Å². The molecule has 0 atom stereocenters. The van der Waals surface area contributed by atoms with Gasteiger partial charge in [-0.25, -0.2) is 13.8 Å². The van der Waals surface area contributed by atoms with Gasteiger partial charge in [-0.3, -0.25) is 4.68 Å². The first-order valence-electron chi connectivity index (χ1n) is 6.48. The van der Waals surface area contributed by atoms with E-state index < -0.39 is 11.6 Å². The summed E-state index contributed by atoms with van der Waals surface area (Å²) in [6.45, 7) is 0.593. The van der Waals surface area contributed by atoms with Crippen molar-refractivity contribution in [2.24, 2.45) is 0 Å². The average molecular weight is 263 g/mol. The fourth-order valence-corrected chi connectivity index (χ4v) is 3.11. The fourth-order valence-electron chi connectivity index (χ4n) is 3.11. The molecule has 0 unspecified atom stereocenters. The van der Waals surface area contributed by atoms with Gasteiger partial charge < -0.3 is 0 Å². The van der Waals surface area contributed by atoms with Crippen LogP contribution in [0.4, 0.5) is 8.78 Å². The molecule has 1 saturated carbocycles. The molecule has 1 aromatic heterocycles. The fraction of sp³-hybridized carbons (Fsp3) is 0.429. The van der Waals surface area contributed by atoms with Gasteiger partial charge in [0.15, 0.2) is 0 Å². The molecule has 1 heterocycles. The molecule has 0 radical (unpaired) electrons. The van der Waals surface area contributed by atoms with Crippen molar-refractivity contribution in [1.29, 1.82) is 0 Å². The van der Waals surface area contributed by atoms with Crippen molar-refractivity contribution in [3.05, 3.63) is 48.1 Å². The smallest absolute Gasteiger partial charge is 0.137 e. The number of halogens is 2. The Hall–Kier alpha value is -1.78. The van der Waals surface area contributed by atoms with Gasteiger partial charge in [-0.2, -0.15) is 5.10 Å². The monoisotopic (exact) mass is 263 g/mol. The Labute approximate surface area is 110 Å². The van der Waals surface area contributed by atoms with Crippen LogP contribution in [-0.4, -0.2) is 14.8 Å². The van der Waals surface area contributed by atoms with Gasteiger partial charge >= 0.3 is 0 Å². The van der Waals surface area contributed by atoms with Gasteiger partial charge in [0.05, 0.1) is 6.54 Å². The maximum absolute atomic E-state index is 14.1. The summed E-state index contributed by atoms with van der Waals surface area (Å²) in [6.07, 6.45) is 7.03. The molecule has 5 heteroatoms. The number of rotatable bonds is 3. The molecular weight excluding hydrogens is 248 g/mol. The van der Waals surface area contributed by atoms with E-state index in [0.717, 1.165) is 31.7 Å². The Morgan fingerprint density at radius 2 is 2.00 bits per heavy atom. The minimum absolute atomic E-state index is 0.286. The van der Waals surface area contributed by atoms with Crippen LogP contribution in [0.15, 0.2) is 30.9 Å². The van der Waals surface area contributed by atoms with Crippen molar-refractivity contribution in [3.63, 3.8) is 0 Å². The first kappa shape index (κ1) is 12.3. The lowest BCUT2D eigenvalue weighted by molar-refractivity contribution is 0.338. The molecule has 2 aromatic rings. The van der Waals surface area contributed by atoms with Gasteiger partial charge in [0.25, 0.3) is 0 Å². The van der Waals surface area contributed by atoms with Crippen molar-refractivity contribution in [2.45, 2.75) is 37.6 Å². The van der Waals surface area contributed by atoms with Crippen LogP contribution in [0, 0.1) is 11.6 Å². The highest BCUT2D eigenvalue weighted by Gasteiger charge is 2.38. The Morgan fingerprint density at radius 3 is 2.63 bits per heavy atom. The number of nitrogens with zero attached hydrogens (tertiary/aromatic N) is 3. The third-order valence-electron chi connectivity index (χ3n) is 3.99. The molecular formula is C14H15F2N3. The minimum Gasteiger partial charge on any atom is -0.252 e. The summed E-state index contributed by atoms with van der Waals surface area (Å²) in [5.74, 6) is -0.989. The topological polar surface area (TPSA) is 30.7 Å². The zero-order valence-corrected chi connectivity index (χ0v) is 10.5. The highest BCUT2D eigenvalue weighted by atomic mass is 19.1. The second kappa shape index (κ2) is 4.72. The van der Waals surface area contributed by atoms with Crippen molar-refractivity contribution in [2.75, 3.05) is 0 Å². The van der Waals surface area contributed by atoms with E-state index in [-0.39, 0.29) is 5.41 Å². The molecule has 0 spiro atoms. The maximum Gasteiger partial charge on any atom is 0.137 e. The van der Waals surface area contributed by atoms with Crippen LogP contribution in [0.5, 0.6) is 0 Å². The number of benzene rings is 1. The van der Waals surface area contributed by atoms with E-state index in [0.29, 0.717) is 12.1 Å².